The zero-order valence-corrected chi connectivity index (χ0v) is 11.1. The average molecular weight is 266 g/mol. The van der Waals surface area contributed by atoms with E-state index in [0.717, 1.165) is 48.7 Å². The topological polar surface area (TPSA) is 38.7 Å². The highest BCUT2D eigenvalue weighted by atomic mass is 32.2. The van der Waals surface area contributed by atoms with E-state index in [1.807, 2.05) is 12.1 Å². The van der Waals surface area contributed by atoms with Crippen molar-refractivity contribution in [1.29, 1.82) is 0 Å². The Morgan fingerprint density at radius 3 is 2.67 bits per heavy atom. The lowest BCUT2D eigenvalue weighted by Crippen LogP contribution is -2.14. The molecule has 4 heteroatoms. The van der Waals surface area contributed by atoms with Crippen LogP contribution in [-0.4, -0.2) is 29.7 Å². The zero-order chi connectivity index (χ0) is 12.4. The summed E-state index contributed by atoms with van der Waals surface area (Å²) >= 11 is 1.75. The number of aliphatic hydroxyl groups is 1. The quantitative estimate of drug-likeness (QED) is 0.893. The zero-order valence-electron chi connectivity index (χ0n) is 10.3. The largest absolute Gasteiger partial charge is 0.490 e. The molecule has 0 unspecified atom stereocenters. The summed E-state index contributed by atoms with van der Waals surface area (Å²) < 4.78 is 11.3. The molecule has 98 valence electrons. The fourth-order valence-corrected chi connectivity index (χ4v) is 3.68. The van der Waals surface area contributed by atoms with Gasteiger partial charge in [0.1, 0.15) is 0 Å². The maximum Gasteiger partial charge on any atom is 0.162 e. The van der Waals surface area contributed by atoms with Crippen molar-refractivity contribution in [3.63, 3.8) is 0 Å². The highest BCUT2D eigenvalue weighted by Crippen LogP contribution is 2.39. The number of hydrogen-bond donors (Lipinski definition) is 1. The smallest absolute Gasteiger partial charge is 0.162 e. The van der Waals surface area contributed by atoms with Crippen LogP contribution in [0.5, 0.6) is 11.5 Å². The minimum atomic E-state index is -0.161. The first kappa shape index (κ1) is 12.2. The Morgan fingerprint density at radius 1 is 1.06 bits per heavy atom. The molecule has 0 saturated heterocycles. The molecular formula is C14H18O3S. The second-order valence-corrected chi connectivity index (χ2v) is 6.13. The minimum absolute atomic E-state index is 0.161. The Morgan fingerprint density at radius 2 is 1.89 bits per heavy atom. The van der Waals surface area contributed by atoms with E-state index in [0.29, 0.717) is 11.9 Å². The Kier molecular flexibility index (Phi) is 3.66. The van der Waals surface area contributed by atoms with E-state index < -0.39 is 0 Å². The third-order valence-electron chi connectivity index (χ3n) is 3.42. The maximum absolute atomic E-state index is 9.86. The fourth-order valence-electron chi connectivity index (χ4n) is 2.44. The van der Waals surface area contributed by atoms with Crippen LogP contribution in [0.15, 0.2) is 23.1 Å². The molecule has 0 aromatic heterocycles. The number of benzene rings is 1. The summed E-state index contributed by atoms with van der Waals surface area (Å²) in [6.45, 7) is 1.44. The molecule has 18 heavy (non-hydrogen) atoms. The molecule has 1 N–H and O–H groups in total. The molecule has 1 aromatic carbocycles. The molecule has 1 aromatic rings. The predicted molar refractivity (Wildman–Crippen MR) is 71.6 cm³/mol. The van der Waals surface area contributed by atoms with Gasteiger partial charge in [-0.1, -0.05) is 0 Å². The summed E-state index contributed by atoms with van der Waals surface area (Å²) in [5.74, 6) is 1.67. The van der Waals surface area contributed by atoms with Crippen LogP contribution in [0.25, 0.3) is 0 Å². The van der Waals surface area contributed by atoms with E-state index in [4.69, 9.17) is 9.47 Å². The number of aliphatic hydroxyl groups excluding tert-OH is 1. The molecule has 2 atom stereocenters. The first-order chi connectivity index (χ1) is 8.83. The van der Waals surface area contributed by atoms with Crippen LogP contribution in [-0.2, 0) is 0 Å². The van der Waals surface area contributed by atoms with Gasteiger partial charge >= 0.3 is 0 Å². The molecule has 3 rings (SSSR count). The van der Waals surface area contributed by atoms with E-state index >= 15 is 0 Å². The highest BCUT2D eigenvalue weighted by Gasteiger charge is 2.26. The first-order valence-corrected chi connectivity index (χ1v) is 7.45. The van der Waals surface area contributed by atoms with Crippen molar-refractivity contribution in [2.45, 2.75) is 41.9 Å². The summed E-state index contributed by atoms with van der Waals surface area (Å²) in [6.07, 6.45) is 3.93. The lowest BCUT2D eigenvalue weighted by Gasteiger charge is -2.15. The van der Waals surface area contributed by atoms with Gasteiger partial charge in [-0.15, -0.1) is 11.8 Å². The van der Waals surface area contributed by atoms with Crippen molar-refractivity contribution in [2.24, 2.45) is 0 Å². The van der Waals surface area contributed by atoms with Crippen molar-refractivity contribution in [1.82, 2.24) is 0 Å². The van der Waals surface area contributed by atoms with E-state index in [9.17, 15) is 5.11 Å². The fraction of sp³-hybridized carbons (Fsp3) is 0.571. The van der Waals surface area contributed by atoms with Gasteiger partial charge in [-0.05, 0) is 37.5 Å². The predicted octanol–water partition coefficient (Wildman–Crippen LogP) is 2.85. The van der Waals surface area contributed by atoms with Gasteiger partial charge in [0, 0.05) is 16.6 Å². The molecule has 0 spiro atoms. The molecular weight excluding hydrogens is 248 g/mol. The molecule has 1 heterocycles. The van der Waals surface area contributed by atoms with Gasteiger partial charge in [-0.2, -0.15) is 0 Å². The number of fused-ring (bicyclic) bond motifs is 1. The third kappa shape index (κ3) is 2.59. The van der Waals surface area contributed by atoms with E-state index in [1.54, 1.807) is 11.8 Å². The lowest BCUT2D eigenvalue weighted by molar-refractivity contribution is 0.188. The van der Waals surface area contributed by atoms with Crippen molar-refractivity contribution in [2.75, 3.05) is 13.2 Å². The van der Waals surface area contributed by atoms with Crippen LogP contribution in [0.3, 0.4) is 0 Å². The summed E-state index contributed by atoms with van der Waals surface area (Å²) in [4.78, 5) is 1.16. The molecule has 0 radical (unpaired) electrons. The molecule has 1 saturated carbocycles. The Balaban J connectivity index is 1.75. The summed E-state index contributed by atoms with van der Waals surface area (Å²) in [5.41, 5.74) is 0. The van der Waals surface area contributed by atoms with Gasteiger partial charge in [0.15, 0.2) is 11.5 Å². The summed E-state index contributed by atoms with van der Waals surface area (Å²) in [5, 5.41) is 10.2. The van der Waals surface area contributed by atoms with Crippen LogP contribution in [0.2, 0.25) is 0 Å². The van der Waals surface area contributed by atoms with E-state index in [-0.39, 0.29) is 6.10 Å². The molecule has 0 amide bonds. The number of thioether (sulfide) groups is 1. The monoisotopic (exact) mass is 266 g/mol. The molecule has 3 nitrogen and oxygen atoms in total. The van der Waals surface area contributed by atoms with Crippen LogP contribution >= 0.6 is 11.8 Å². The van der Waals surface area contributed by atoms with Crippen LogP contribution in [0.4, 0.5) is 0 Å². The van der Waals surface area contributed by atoms with Crippen molar-refractivity contribution < 1.29 is 14.6 Å². The van der Waals surface area contributed by atoms with Crippen LogP contribution in [0, 0.1) is 0 Å². The van der Waals surface area contributed by atoms with Gasteiger partial charge in [0.25, 0.3) is 0 Å². The SMILES string of the molecule is O[C@H]1CCC[C@@H]1Sc1ccc2c(c1)OCCCO2. The Bertz CT molecular complexity index is 422. The first-order valence-electron chi connectivity index (χ1n) is 6.57. The van der Waals surface area contributed by atoms with Gasteiger partial charge in [0.2, 0.25) is 0 Å². The molecule has 1 aliphatic heterocycles. The van der Waals surface area contributed by atoms with Crippen molar-refractivity contribution in [3.05, 3.63) is 18.2 Å². The molecule has 1 aliphatic carbocycles. The highest BCUT2D eigenvalue weighted by molar-refractivity contribution is 8.00. The molecule has 0 bridgehead atoms. The van der Waals surface area contributed by atoms with Crippen molar-refractivity contribution in [3.8, 4) is 11.5 Å². The van der Waals surface area contributed by atoms with Crippen molar-refractivity contribution >= 4 is 11.8 Å². The Labute approximate surface area is 111 Å². The normalized spacial score (nSPS) is 26.9. The Hall–Kier alpha value is -0.870. The van der Waals surface area contributed by atoms with Crippen LogP contribution < -0.4 is 9.47 Å². The molecule has 1 fully saturated rings. The lowest BCUT2D eigenvalue weighted by atomic mass is 10.3. The standard InChI is InChI=1S/C14H18O3S/c15-11-3-1-4-14(11)18-10-5-6-12-13(9-10)17-8-2-7-16-12/h5-6,9,11,14-15H,1-4,7-8H2/t11-,14-/m0/s1. The summed E-state index contributed by atoms with van der Waals surface area (Å²) in [7, 11) is 0. The second-order valence-electron chi connectivity index (χ2n) is 4.81. The second kappa shape index (κ2) is 5.41. The summed E-state index contributed by atoms with van der Waals surface area (Å²) in [6, 6.07) is 6.07. The van der Waals surface area contributed by atoms with E-state index in [2.05, 4.69) is 6.07 Å². The number of ether oxygens (including phenoxy) is 2. The minimum Gasteiger partial charge on any atom is -0.490 e. The average Bonchev–Trinajstić information content (AvgIpc) is 2.65. The third-order valence-corrected chi connectivity index (χ3v) is 4.80. The molecule has 2 aliphatic rings. The number of rotatable bonds is 2. The van der Waals surface area contributed by atoms with Gasteiger partial charge in [-0.3, -0.25) is 0 Å². The van der Waals surface area contributed by atoms with E-state index in [1.165, 1.54) is 0 Å². The van der Waals surface area contributed by atoms with Gasteiger partial charge in [-0.25, -0.2) is 0 Å². The van der Waals surface area contributed by atoms with Gasteiger partial charge in [0.05, 0.1) is 19.3 Å². The number of hydrogen-bond acceptors (Lipinski definition) is 4. The maximum atomic E-state index is 9.86. The van der Waals surface area contributed by atoms with Crippen LogP contribution in [0.1, 0.15) is 25.7 Å². The van der Waals surface area contributed by atoms with Gasteiger partial charge < -0.3 is 14.6 Å².